The molecule has 2 N–H and O–H groups in total. The molecule has 2 aromatic rings. The minimum atomic E-state index is -0.0468. The van der Waals surface area contributed by atoms with E-state index in [0.717, 1.165) is 28.2 Å². The molecule has 0 saturated heterocycles. The van der Waals surface area contributed by atoms with Crippen LogP contribution < -0.4 is 10.6 Å². The zero-order valence-corrected chi connectivity index (χ0v) is 14.7. The predicted octanol–water partition coefficient (Wildman–Crippen LogP) is 4.55. The molecule has 0 atom stereocenters. The van der Waals surface area contributed by atoms with Crippen LogP contribution >= 0.6 is 11.3 Å². The van der Waals surface area contributed by atoms with Gasteiger partial charge in [0.25, 0.3) is 0 Å². The van der Waals surface area contributed by atoms with E-state index in [9.17, 15) is 9.59 Å². The van der Waals surface area contributed by atoms with E-state index in [-0.39, 0.29) is 11.8 Å². The molecule has 0 bridgehead atoms. The summed E-state index contributed by atoms with van der Waals surface area (Å²) in [5.41, 5.74) is 1.62. The van der Waals surface area contributed by atoms with Crippen LogP contribution in [0.4, 0.5) is 10.8 Å². The van der Waals surface area contributed by atoms with E-state index in [4.69, 9.17) is 0 Å². The zero-order valence-electron chi connectivity index (χ0n) is 13.9. The number of amides is 2. The number of nitrogens with zero attached hydrogens (tertiary/aromatic N) is 1. The Morgan fingerprint density at radius 2 is 2.00 bits per heavy atom. The summed E-state index contributed by atoms with van der Waals surface area (Å²) in [5, 5.41) is 6.34. The average Bonchev–Trinajstić information content (AvgIpc) is 3.21. The first-order chi connectivity index (χ1) is 11.6. The fourth-order valence-corrected chi connectivity index (χ4v) is 4.04. The molecule has 24 heavy (non-hydrogen) atoms. The maximum Gasteiger partial charge on any atom is 0.225 e. The molecular weight excluding hydrogens is 322 g/mol. The maximum atomic E-state index is 12.1. The molecule has 0 spiro atoms. The lowest BCUT2D eigenvalue weighted by molar-refractivity contribution is -0.117. The van der Waals surface area contributed by atoms with Crippen LogP contribution in [0.5, 0.6) is 0 Å². The number of aromatic nitrogens is 1. The Balaban J connectivity index is 1.59. The van der Waals surface area contributed by atoms with E-state index in [0.29, 0.717) is 18.0 Å². The SMILES string of the molecule is CCC(=O)Nc1nc2ccc(NC(=O)CCC3CCCC3)cc2s1. The van der Waals surface area contributed by atoms with Gasteiger partial charge < -0.3 is 10.6 Å². The Hall–Kier alpha value is -1.95. The molecule has 1 aliphatic carbocycles. The van der Waals surface area contributed by atoms with E-state index in [1.807, 2.05) is 25.1 Å². The second kappa shape index (κ2) is 7.75. The lowest BCUT2D eigenvalue weighted by Crippen LogP contribution is -2.12. The first-order valence-electron chi connectivity index (χ1n) is 8.64. The first-order valence-corrected chi connectivity index (χ1v) is 9.46. The molecule has 1 saturated carbocycles. The van der Waals surface area contributed by atoms with Gasteiger partial charge in [-0.05, 0) is 30.5 Å². The standard InChI is InChI=1S/C18H23N3O2S/c1-2-16(22)21-18-20-14-9-8-13(11-15(14)24-18)19-17(23)10-7-12-5-3-4-6-12/h8-9,11-12H,2-7,10H2,1H3,(H,19,23)(H,20,21,22). The molecule has 3 rings (SSSR count). The monoisotopic (exact) mass is 345 g/mol. The highest BCUT2D eigenvalue weighted by molar-refractivity contribution is 7.22. The van der Waals surface area contributed by atoms with Crippen LogP contribution in [0.3, 0.4) is 0 Å². The van der Waals surface area contributed by atoms with E-state index >= 15 is 0 Å². The van der Waals surface area contributed by atoms with Crippen LogP contribution in [0.1, 0.15) is 51.9 Å². The molecule has 6 heteroatoms. The molecule has 0 radical (unpaired) electrons. The summed E-state index contributed by atoms with van der Waals surface area (Å²) in [5.74, 6) is 0.754. The Morgan fingerprint density at radius 3 is 2.75 bits per heavy atom. The summed E-state index contributed by atoms with van der Waals surface area (Å²) in [4.78, 5) is 27.9. The van der Waals surface area contributed by atoms with Gasteiger partial charge in [-0.3, -0.25) is 9.59 Å². The number of hydrogen-bond donors (Lipinski definition) is 2. The number of carbonyl (C=O) groups is 2. The van der Waals surface area contributed by atoms with Gasteiger partial charge in [0.2, 0.25) is 11.8 Å². The van der Waals surface area contributed by atoms with Gasteiger partial charge in [-0.1, -0.05) is 43.9 Å². The van der Waals surface area contributed by atoms with Gasteiger partial charge in [0, 0.05) is 18.5 Å². The van der Waals surface area contributed by atoms with Crippen LogP contribution in [0.25, 0.3) is 10.2 Å². The van der Waals surface area contributed by atoms with Gasteiger partial charge in [-0.25, -0.2) is 4.98 Å². The molecule has 0 unspecified atom stereocenters. The Labute approximate surface area is 145 Å². The van der Waals surface area contributed by atoms with Gasteiger partial charge in [-0.15, -0.1) is 0 Å². The van der Waals surface area contributed by atoms with Crippen LogP contribution in [-0.2, 0) is 9.59 Å². The topological polar surface area (TPSA) is 71.1 Å². The lowest BCUT2D eigenvalue weighted by Gasteiger charge is -2.09. The van der Waals surface area contributed by atoms with Gasteiger partial charge in [0.1, 0.15) is 0 Å². The smallest absolute Gasteiger partial charge is 0.225 e. The van der Waals surface area contributed by atoms with Crippen molar-refractivity contribution in [2.75, 3.05) is 10.6 Å². The number of thiazole rings is 1. The Kier molecular flexibility index (Phi) is 5.45. The summed E-state index contributed by atoms with van der Waals surface area (Å²) in [6.45, 7) is 1.81. The predicted molar refractivity (Wildman–Crippen MR) is 98.4 cm³/mol. The fourth-order valence-electron chi connectivity index (χ4n) is 3.12. The largest absolute Gasteiger partial charge is 0.326 e. The van der Waals surface area contributed by atoms with E-state index in [2.05, 4.69) is 15.6 Å². The highest BCUT2D eigenvalue weighted by Crippen LogP contribution is 2.30. The average molecular weight is 345 g/mol. The number of anilines is 2. The highest BCUT2D eigenvalue weighted by atomic mass is 32.1. The molecule has 1 aliphatic rings. The van der Waals surface area contributed by atoms with Crippen LogP contribution in [0.2, 0.25) is 0 Å². The van der Waals surface area contributed by atoms with Gasteiger partial charge in [0.05, 0.1) is 10.2 Å². The molecule has 2 amide bonds. The summed E-state index contributed by atoms with van der Waals surface area (Å²) in [6, 6.07) is 5.66. The second-order valence-electron chi connectivity index (χ2n) is 6.34. The molecule has 1 fully saturated rings. The number of hydrogen-bond acceptors (Lipinski definition) is 4. The molecule has 128 valence electrons. The van der Waals surface area contributed by atoms with Crippen LogP contribution in [0.15, 0.2) is 18.2 Å². The molecule has 1 aromatic heterocycles. The van der Waals surface area contributed by atoms with Crippen molar-refractivity contribution in [1.82, 2.24) is 4.98 Å². The van der Waals surface area contributed by atoms with E-state index < -0.39 is 0 Å². The third-order valence-corrected chi connectivity index (χ3v) is 5.43. The van der Waals surface area contributed by atoms with Crippen molar-refractivity contribution < 1.29 is 9.59 Å². The Bertz CT molecular complexity index is 735. The highest BCUT2D eigenvalue weighted by Gasteiger charge is 2.16. The third kappa shape index (κ3) is 4.32. The second-order valence-corrected chi connectivity index (χ2v) is 7.37. The van der Waals surface area contributed by atoms with Crippen molar-refractivity contribution in [2.24, 2.45) is 5.92 Å². The van der Waals surface area contributed by atoms with Crippen molar-refractivity contribution in [1.29, 1.82) is 0 Å². The normalized spacial score (nSPS) is 14.9. The molecule has 5 nitrogen and oxygen atoms in total. The van der Waals surface area contributed by atoms with Gasteiger partial charge in [-0.2, -0.15) is 0 Å². The first kappa shape index (κ1) is 16.9. The number of carbonyl (C=O) groups excluding carboxylic acids is 2. The van der Waals surface area contributed by atoms with Crippen molar-refractivity contribution >= 4 is 44.2 Å². The van der Waals surface area contributed by atoms with Crippen LogP contribution in [-0.4, -0.2) is 16.8 Å². The number of benzene rings is 1. The summed E-state index contributed by atoms with van der Waals surface area (Å²) >= 11 is 1.42. The van der Waals surface area contributed by atoms with Crippen LogP contribution in [0, 0.1) is 5.92 Å². The van der Waals surface area contributed by atoms with Crippen molar-refractivity contribution in [3.63, 3.8) is 0 Å². The minimum absolute atomic E-state index is 0.0468. The number of fused-ring (bicyclic) bond motifs is 1. The maximum absolute atomic E-state index is 12.1. The minimum Gasteiger partial charge on any atom is -0.326 e. The van der Waals surface area contributed by atoms with Gasteiger partial charge >= 0.3 is 0 Å². The Morgan fingerprint density at radius 1 is 1.21 bits per heavy atom. The van der Waals surface area contributed by atoms with E-state index in [1.54, 1.807) is 0 Å². The number of nitrogens with one attached hydrogen (secondary N) is 2. The fraction of sp³-hybridized carbons (Fsp3) is 0.500. The van der Waals surface area contributed by atoms with Crippen molar-refractivity contribution in [3.05, 3.63) is 18.2 Å². The zero-order chi connectivity index (χ0) is 16.9. The molecule has 0 aliphatic heterocycles. The molecular formula is C18H23N3O2S. The third-order valence-electron chi connectivity index (χ3n) is 4.49. The van der Waals surface area contributed by atoms with Gasteiger partial charge in [0.15, 0.2) is 5.13 Å². The summed E-state index contributed by atoms with van der Waals surface area (Å²) in [6.07, 6.45) is 7.17. The van der Waals surface area contributed by atoms with Crippen molar-refractivity contribution in [2.45, 2.75) is 51.9 Å². The summed E-state index contributed by atoms with van der Waals surface area (Å²) in [7, 11) is 0. The lowest BCUT2D eigenvalue weighted by atomic mass is 10.0. The molecule has 1 aromatic carbocycles. The quantitative estimate of drug-likeness (QED) is 0.806. The number of rotatable bonds is 6. The van der Waals surface area contributed by atoms with Crippen molar-refractivity contribution in [3.8, 4) is 0 Å². The summed E-state index contributed by atoms with van der Waals surface area (Å²) < 4.78 is 0.954. The molecule has 1 heterocycles. The van der Waals surface area contributed by atoms with E-state index in [1.165, 1.54) is 37.0 Å².